The van der Waals surface area contributed by atoms with Crippen molar-refractivity contribution < 1.29 is 28.0 Å². The highest BCUT2D eigenvalue weighted by molar-refractivity contribution is 6.62. The molecule has 0 bridgehead atoms. The molecule has 0 spiro atoms. The largest absolute Gasteiger partial charge is 0.496 e. The van der Waals surface area contributed by atoms with Crippen molar-refractivity contribution in [1.82, 2.24) is 0 Å². The summed E-state index contributed by atoms with van der Waals surface area (Å²) in [5.74, 6) is -0.514. The molecule has 0 radical (unpaired) electrons. The summed E-state index contributed by atoms with van der Waals surface area (Å²) in [7, 11) is -0.907. The predicted octanol–water partition coefficient (Wildman–Crippen LogP) is 1.05. The second kappa shape index (κ2) is 4.53. The first kappa shape index (κ1) is 13.2. The van der Waals surface area contributed by atoms with Crippen molar-refractivity contribution in [3.05, 3.63) is 22.7 Å². The van der Waals surface area contributed by atoms with Gasteiger partial charge in [0.05, 0.1) is 12.7 Å². The zero-order chi connectivity index (χ0) is 12.5. The Bertz CT molecular complexity index is 395. The van der Waals surface area contributed by atoms with Crippen LogP contribution in [0.2, 0.25) is 5.02 Å². The van der Waals surface area contributed by atoms with Crippen LogP contribution in [0.4, 0.5) is 13.2 Å². The molecule has 88 valence electrons. The van der Waals surface area contributed by atoms with Gasteiger partial charge in [0.2, 0.25) is 0 Å². The average Bonchev–Trinajstić information content (AvgIpc) is 2.15. The highest BCUT2D eigenvalue weighted by atomic mass is 35.5. The molecule has 0 amide bonds. The molecule has 16 heavy (non-hydrogen) atoms. The Morgan fingerprint density at radius 1 is 1.31 bits per heavy atom. The molecule has 0 saturated heterocycles. The fourth-order valence-electron chi connectivity index (χ4n) is 1.16. The van der Waals surface area contributed by atoms with Gasteiger partial charge in [-0.2, -0.15) is 13.2 Å². The number of rotatable bonds is 2. The molecule has 1 aromatic rings. The summed E-state index contributed by atoms with van der Waals surface area (Å²) in [4.78, 5) is 0. The summed E-state index contributed by atoms with van der Waals surface area (Å²) >= 11 is 5.48. The normalized spacial score (nSPS) is 11.4. The van der Waals surface area contributed by atoms with E-state index in [4.69, 9.17) is 21.6 Å². The van der Waals surface area contributed by atoms with Gasteiger partial charge in [0, 0.05) is 10.5 Å². The van der Waals surface area contributed by atoms with Crippen LogP contribution in [0.5, 0.6) is 5.75 Å². The van der Waals surface area contributed by atoms with Gasteiger partial charge in [-0.1, -0.05) is 11.6 Å². The van der Waals surface area contributed by atoms with Crippen molar-refractivity contribution in [2.24, 2.45) is 0 Å². The molecule has 0 aliphatic rings. The van der Waals surface area contributed by atoms with E-state index in [-0.39, 0.29) is 10.5 Å². The van der Waals surface area contributed by atoms with Crippen LogP contribution in [0.1, 0.15) is 5.56 Å². The minimum Gasteiger partial charge on any atom is -0.496 e. The molecular formula is C8H7BClF3O3. The molecular weight excluding hydrogens is 247 g/mol. The number of hydrogen-bond donors (Lipinski definition) is 2. The molecule has 0 aliphatic carbocycles. The summed E-state index contributed by atoms with van der Waals surface area (Å²) in [6.07, 6.45) is -4.62. The monoisotopic (exact) mass is 254 g/mol. The zero-order valence-electron chi connectivity index (χ0n) is 8.05. The highest BCUT2D eigenvalue weighted by Gasteiger charge is 2.36. The average molecular weight is 254 g/mol. The Balaban J connectivity index is 3.38. The number of ether oxygens (including phenoxy) is 1. The van der Waals surface area contributed by atoms with Crippen LogP contribution in [0, 0.1) is 0 Å². The van der Waals surface area contributed by atoms with Gasteiger partial charge in [-0.05, 0) is 12.1 Å². The fraction of sp³-hybridized carbons (Fsp3) is 0.250. The molecule has 1 aromatic carbocycles. The van der Waals surface area contributed by atoms with Crippen molar-refractivity contribution in [2.45, 2.75) is 6.18 Å². The summed E-state index contributed by atoms with van der Waals surface area (Å²) < 4.78 is 42.0. The quantitative estimate of drug-likeness (QED) is 0.776. The topological polar surface area (TPSA) is 49.7 Å². The molecule has 3 nitrogen and oxygen atoms in total. The van der Waals surface area contributed by atoms with Crippen molar-refractivity contribution in [2.75, 3.05) is 7.11 Å². The molecule has 8 heteroatoms. The maximum Gasteiger partial charge on any atom is 0.490 e. The molecule has 1 rings (SSSR count). The van der Waals surface area contributed by atoms with E-state index in [2.05, 4.69) is 4.74 Å². The first-order valence-electron chi connectivity index (χ1n) is 4.08. The number of methoxy groups -OCH3 is 1. The molecule has 0 saturated carbocycles. The summed E-state index contributed by atoms with van der Waals surface area (Å²) in [6.45, 7) is 0. The highest BCUT2D eigenvalue weighted by Crippen LogP contribution is 2.37. The summed E-state index contributed by atoms with van der Waals surface area (Å²) in [5.41, 5.74) is -1.31. The van der Waals surface area contributed by atoms with E-state index in [0.29, 0.717) is 6.07 Å². The van der Waals surface area contributed by atoms with Crippen LogP contribution in [-0.4, -0.2) is 24.3 Å². The Morgan fingerprint density at radius 3 is 2.25 bits per heavy atom. The van der Waals surface area contributed by atoms with Crippen LogP contribution >= 0.6 is 11.6 Å². The van der Waals surface area contributed by atoms with E-state index in [1.807, 2.05) is 0 Å². The lowest BCUT2D eigenvalue weighted by molar-refractivity contribution is -0.138. The SMILES string of the molecule is COc1cc(B(O)O)c(Cl)cc1C(F)(F)F. The van der Waals surface area contributed by atoms with Crippen LogP contribution in [0.3, 0.4) is 0 Å². The lowest BCUT2D eigenvalue weighted by Crippen LogP contribution is -2.31. The summed E-state index contributed by atoms with van der Waals surface area (Å²) in [6, 6.07) is 1.44. The molecule has 0 atom stereocenters. The molecule has 0 fully saturated rings. The van der Waals surface area contributed by atoms with Gasteiger partial charge in [-0.15, -0.1) is 0 Å². The summed E-state index contributed by atoms with van der Waals surface area (Å²) in [5, 5.41) is 17.3. The zero-order valence-corrected chi connectivity index (χ0v) is 8.80. The van der Waals surface area contributed by atoms with E-state index >= 15 is 0 Å². The second-order valence-corrected chi connectivity index (χ2v) is 3.35. The molecule has 2 N–H and O–H groups in total. The van der Waals surface area contributed by atoms with Crippen molar-refractivity contribution in [3.63, 3.8) is 0 Å². The Morgan fingerprint density at radius 2 is 1.88 bits per heavy atom. The van der Waals surface area contributed by atoms with Crippen LogP contribution in [0.25, 0.3) is 0 Å². The van der Waals surface area contributed by atoms with E-state index in [9.17, 15) is 13.2 Å². The number of halogens is 4. The standard InChI is InChI=1S/C8H7BClF3O3/c1-16-7-3-5(9(14)15)6(10)2-4(7)8(11,12)13/h2-3,14-15H,1H3. The van der Waals surface area contributed by atoms with Crippen molar-refractivity contribution >= 4 is 24.2 Å². The Hall–Kier alpha value is -0.915. The lowest BCUT2D eigenvalue weighted by Gasteiger charge is -2.14. The third-order valence-electron chi connectivity index (χ3n) is 1.90. The van der Waals surface area contributed by atoms with E-state index < -0.39 is 24.6 Å². The first-order chi connectivity index (χ1) is 7.27. The van der Waals surface area contributed by atoms with Crippen LogP contribution in [0.15, 0.2) is 12.1 Å². The van der Waals surface area contributed by atoms with Gasteiger partial charge in [0.25, 0.3) is 0 Å². The van der Waals surface area contributed by atoms with E-state index in [1.165, 1.54) is 0 Å². The number of benzene rings is 1. The van der Waals surface area contributed by atoms with E-state index in [0.717, 1.165) is 13.2 Å². The maximum atomic E-state index is 12.5. The minimum absolute atomic E-state index is 0.244. The van der Waals surface area contributed by atoms with Gasteiger partial charge in [0.15, 0.2) is 0 Å². The predicted molar refractivity (Wildman–Crippen MR) is 52.8 cm³/mol. The molecule has 0 aliphatic heterocycles. The van der Waals surface area contributed by atoms with Gasteiger partial charge >= 0.3 is 13.3 Å². The number of hydrogen-bond acceptors (Lipinski definition) is 3. The lowest BCUT2D eigenvalue weighted by atomic mass is 9.79. The van der Waals surface area contributed by atoms with Gasteiger partial charge < -0.3 is 14.8 Å². The third kappa shape index (κ3) is 2.60. The fourth-order valence-corrected chi connectivity index (χ4v) is 1.42. The van der Waals surface area contributed by atoms with Crippen molar-refractivity contribution in [1.29, 1.82) is 0 Å². The van der Waals surface area contributed by atoms with Crippen molar-refractivity contribution in [3.8, 4) is 5.75 Å². The maximum absolute atomic E-state index is 12.5. The first-order valence-corrected chi connectivity index (χ1v) is 4.46. The third-order valence-corrected chi connectivity index (χ3v) is 2.23. The Kier molecular flexibility index (Phi) is 3.72. The van der Waals surface area contributed by atoms with Gasteiger partial charge in [-0.3, -0.25) is 0 Å². The number of alkyl halides is 3. The molecule has 0 unspecified atom stereocenters. The van der Waals surface area contributed by atoms with Gasteiger partial charge in [0.1, 0.15) is 5.75 Å². The van der Waals surface area contributed by atoms with Gasteiger partial charge in [-0.25, -0.2) is 0 Å². The minimum atomic E-state index is -4.62. The molecule has 0 heterocycles. The smallest absolute Gasteiger partial charge is 0.490 e. The van der Waals surface area contributed by atoms with Crippen LogP contribution < -0.4 is 10.2 Å². The van der Waals surface area contributed by atoms with Crippen LogP contribution in [-0.2, 0) is 6.18 Å². The second-order valence-electron chi connectivity index (χ2n) is 2.95. The Labute approximate surface area is 94.6 Å². The van der Waals surface area contributed by atoms with E-state index in [1.54, 1.807) is 0 Å². The molecule has 0 aromatic heterocycles.